The van der Waals surface area contributed by atoms with Crippen LogP contribution in [-0.4, -0.2) is 74.1 Å². The fourth-order valence-electron chi connectivity index (χ4n) is 3.71. The van der Waals surface area contributed by atoms with Gasteiger partial charge >= 0.3 is 5.97 Å². The zero-order valence-electron chi connectivity index (χ0n) is 17.9. The van der Waals surface area contributed by atoms with Gasteiger partial charge in [0.15, 0.2) is 11.0 Å². The highest BCUT2D eigenvalue weighted by Gasteiger charge is 2.34. The fraction of sp³-hybridized carbons (Fsp3) is 0.421. The van der Waals surface area contributed by atoms with E-state index < -0.39 is 5.97 Å². The van der Waals surface area contributed by atoms with Gasteiger partial charge in [-0.1, -0.05) is 22.9 Å². The molecule has 0 saturated carbocycles. The molecule has 1 fully saturated rings. The molecule has 3 aromatic heterocycles. The molecule has 0 aliphatic carbocycles. The zero-order valence-corrected chi connectivity index (χ0v) is 21.1. The number of carboxylic acids is 1. The molecule has 1 saturated heterocycles. The average molecular weight is 559 g/mol. The summed E-state index contributed by atoms with van der Waals surface area (Å²) in [5.74, 6) is -0.983. The maximum Gasteiger partial charge on any atom is 0.348 e. The molecule has 4 rings (SSSR count). The third kappa shape index (κ3) is 4.50. The van der Waals surface area contributed by atoms with E-state index in [1.54, 1.807) is 21.1 Å². The van der Waals surface area contributed by atoms with E-state index in [0.29, 0.717) is 51.3 Å². The first-order chi connectivity index (χ1) is 15.7. The Bertz CT molecular complexity index is 1210. The normalized spacial score (nSPS) is 18.5. The first-order valence-electron chi connectivity index (χ1n) is 9.91. The van der Waals surface area contributed by atoms with Crippen molar-refractivity contribution in [3.05, 3.63) is 32.1 Å². The van der Waals surface area contributed by atoms with Gasteiger partial charge in [-0.05, 0) is 29.3 Å². The van der Waals surface area contributed by atoms with Crippen LogP contribution in [0.4, 0.5) is 5.13 Å². The Morgan fingerprint density at radius 3 is 2.79 bits per heavy atom. The van der Waals surface area contributed by atoms with Crippen LogP contribution in [0.1, 0.15) is 32.3 Å². The van der Waals surface area contributed by atoms with Crippen LogP contribution in [0, 0.1) is 6.92 Å². The van der Waals surface area contributed by atoms with Crippen molar-refractivity contribution in [2.45, 2.75) is 25.5 Å². The monoisotopic (exact) mass is 557 g/mol. The Morgan fingerprint density at radius 2 is 2.21 bits per heavy atom. The van der Waals surface area contributed by atoms with Gasteiger partial charge in [0, 0.05) is 32.9 Å². The van der Waals surface area contributed by atoms with Gasteiger partial charge in [-0.2, -0.15) is 5.10 Å². The average Bonchev–Trinajstić information content (AvgIpc) is 3.48. The van der Waals surface area contributed by atoms with Crippen molar-refractivity contribution in [1.82, 2.24) is 30.0 Å². The molecule has 2 atom stereocenters. The molecule has 1 amide bonds. The van der Waals surface area contributed by atoms with E-state index in [-0.39, 0.29) is 28.6 Å². The Hall–Kier alpha value is -2.48. The van der Waals surface area contributed by atoms with Crippen molar-refractivity contribution < 1.29 is 19.4 Å². The Labute approximate surface area is 206 Å². The number of halogens is 2. The predicted molar refractivity (Wildman–Crippen MR) is 126 cm³/mol. The Balaban J connectivity index is 1.52. The topological polar surface area (TPSA) is 138 Å². The van der Waals surface area contributed by atoms with Gasteiger partial charge in [-0.15, -0.1) is 0 Å². The minimum absolute atomic E-state index is 0.0920. The second-order valence-electron chi connectivity index (χ2n) is 7.53. The summed E-state index contributed by atoms with van der Waals surface area (Å²) in [6.45, 7) is 2.77. The van der Waals surface area contributed by atoms with E-state index in [4.69, 9.17) is 16.3 Å². The molecule has 0 bridgehead atoms. The van der Waals surface area contributed by atoms with Gasteiger partial charge in [0.25, 0.3) is 5.91 Å². The molecule has 0 unspecified atom stereocenters. The van der Waals surface area contributed by atoms with Gasteiger partial charge in [-0.25, -0.2) is 19.4 Å². The number of anilines is 1. The lowest BCUT2D eigenvalue weighted by molar-refractivity contribution is 0.0540. The van der Waals surface area contributed by atoms with Gasteiger partial charge in [0.05, 0.1) is 21.6 Å². The van der Waals surface area contributed by atoms with Crippen molar-refractivity contribution in [3.63, 3.8) is 0 Å². The van der Waals surface area contributed by atoms with Crippen LogP contribution in [0.3, 0.4) is 0 Å². The molecular formula is C19H21BrClN7O4S. The number of aromatic nitrogens is 5. The molecule has 1 aliphatic rings. The number of aromatic amines is 1. The highest BCUT2D eigenvalue weighted by Crippen LogP contribution is 2.34. The van der Waals surface area contributed by atoms with E-state index in [1.165, 1.54) is 11.0 Å². The number of amides is 1. The van der Waals surface area contributed by atoms with Crippen LogP contribution in [0.15, 0.2) is 10.8 Å². The third-order valence-corrected chi connectivity index (χ3v) is 8.06. The number of H-pyrrole nitrogens is 1. The highest BCUT2D eigenvalue weighted by atomic mass is 79.9. The highest BCUT2D eigenvalue weighted by molar-refractivity contribution is 9.10. The first kappa shape index (κ1) is 23.7. The number of aromatic carboxylic acids is 1. The van der Waals surface area contributed by atoms with Crippen LogP contribution in [0.5, 0.6) is 0 Å². The molecule has 176 valence electrons. The second-order valence-corrected chi connectivity index (χ2v) is 9.68. The summed E-state index contributed by atoms with van der Waals surface area (Å²) >= 11 is 10.6. The van der Waals surface area contributed by atoms with Crippen LogP contribution >= 0.6 is 38.9 Å². The number of ether oxygens (including phenoxy) is 1. The molecule has 0 spiro atoms. The zero-order chi connectivity index (χ0) is 23.9. The van der Waals surface area contributed by atoms with Crippen molar-refractivity contribution in [2.24, 2.45) is 7.05 Å². The van der Waals surface area contributed by atoms with E-state index in [0.717, 1.165) is 11.3 Å². The number of nitrogens with zero attached hydrogens (tertiary/aromatic N) is 5. The van der Waals surface area contributed by atoms with Crippen LogP contribution in [-0.2, 0) is 11.8 Å². The van der Waals surface area contributed by atoms with Crippen molar-refractivity contribution >= 4 is 55.9 Å². The molecular weight excluding hydrogens is 538 g/mol. The second kappa shape index (κ2) is 9.41. The van der Waals surface area contributed by atoms with Crippen molar-refractivity contribution in [1.29, 1.82) is 0 Å². The predicted octanol–water partition coefficient (Wildman–Crippen LogP) is 2.71. The molecule has 1 aliphatic heterocycles. The standard InChI is InChI=1S/C19H21BrClN7O4S/c1-8-12(21)11(20)13(24-8)17(29)25-9-4-5-28(6-10(9)32-3)19-26-14(15(33-19)18(30)31)16-22-7-23-27(16)2/h7,9-10,24H,4-6H2,1-3H3,(H,25,29)(H,30,31)/t9-,10+/m1/s1. The number of hydrogen-bond donors (Lipinski definition) is 3. The lowest BCUT2D eigenvalue weighted by atomic mass is 10.0. The minimum Gasteiger partial charge on any atom is -0.477 e. The third-order valence-electron chi connectivity index (χ3n) is 5.46. The number of nitrogens with one attached hydrogen (secondary N) is 2. The Morgan fingerprint density at radius 1 is 1.45 bits per heavy atom. The SMILES string of the molecule is CO[C@H]1CN(c2nc(-c3ncnn3C)c(C(=O)O)s2)CC[C@H]1NC(=O)c1[nH]c(C)c(Cl)c1Br. The number of thiazole rings is 1. The molecule has 3 N–H and O–H groups in total. The smallest absolute Gasteiger partial charge is 0.348 e. The van der Waals surface area contributed by atoms with Gasteiger partial charge in [0.2, 0.25) is 0 Å². The molecule has 0 radical (unpaired) electrons. The lowest BCUT2D eigenvalue weighted by Gasteiger charge is -2.37. The van der Waals surface area contributed by atoms with Crippen LogP contribution in [0.25, 0.3) is 11.5 Å². The maximum absolute atomic E-state index is 12.8. The summed E-state index contributed by atoms with van der Waals surface area (Å²) in [6, 6.07) is -0.245. The van der Waals surface area contributed by atoms with E-state index in [2.05, 4.69) is 41.3 Å². The number of carboxylic acid groups (broad SMARTS) is 1. The quantitative estimate of drug-likeness (QED) is 0.420. The molecule has 11 nitrogen and oxygen atoms in total. The summed E-state index contributed by atoms with van der Waals surface area (Å²) in [6.07, 6.45) is 1.60. The summed E-state index contributed by atoms with van der Waals surface area (Å²) < 4.78 is 7.66. The van der Waals surface area contributed by atoms with E-state index in [1.807, 2.05) is 4.90 Å². The Kier molecular flexibility index (Phi) is 6.75. The lowest BCUT2D eigenvalue weighted by Crippen LogP contribution is -2.55. The molecule has 14 heteroatoms. The number of carbonyl (C=O) groups is 2. The van der Waals surface area contributed by atoms with Crippen LogP contribution < -0.4 is 10.2 Å². The number of hydrogen-bond acceptors (Lipinski definition) is 8. The number of methoxy groups -OCH3 is 1. The van der Waals surface area contributed by atoms with Gasteiger partial charge in [-0.3, -0.25) is 4.79 Å². The fourth-order valence-corrected chi connectivity index (χ4v) is 5.37. The summed E-state index contributed by atoms with van der Waals surface area (Å²) in [5.41, 5.74) is 1.33. The van der Waals surface area contributed by atoms with Crippen molar-refractivity contribution in [2.75, 3.05) is 25.1 Å². The summed E-state index contributed by atoms with van der Waals surface area (Å²) in [5, 5.41) is 17.7. The largest absolute Gasteiger partial charge is 0.477 e. The number of carbonyl (C=O) groups excluding carboxylic acids is 1. The molecule has 0 aromatic carbocycles. The summed E-state index contributed by atoms with van der Waals surface area (Å²) in [7, 11) is 3.26. The number of piperidine rings is 1. The minimum atomic E-state index is -1.08. The molecule has 3 aromatic rings. The molecule has 4 heterocycles. The van der Waals surface area contributed by atoms with Gasteiger partial charge < -0.3 is 25.0 Å². The van der Waals surface area contributed by atoms with E-state index in [9.17, 15) is 14.7 Å². The van der Waals surface area contributed by atoms with E-state index >= 15 is 0 Å². The first-order valence-corrected chi connectivity index (χ1v) is 11.9. The summed E-state index contributed by atoms with van der Waals surface area (Å²) in [4.78, 5) is 38.3. The maximum atomic E-state index is 12.8. The number of rotatable bonds is 6. The molecule has 33 heavy (non-hydrogen) atoms. The van der Waals surface area contributed by atoms with Crippen LogP contribution in [0.2, 0.25) is 5.02 Å². The van der Waals surface area contributed by atoms with Gasteiger partial charge in [0.1, 0.15) is 22.6 Å². The number of aryl methyl sites for hydroxylation is 2. The van der Waals surface area contributed by atoms with Crippen molar-refractivity contribution in [3.8, 4) is 11.5 Å².